The largest absolute Gasteiger partial charge is 0.497 e. The van der Waals surface area contributed by atoms with Crippen LogP contribution in [0.2, 0.25) is 0 Å². The monoisotopic (exact) mass is 478 g/mol. The van der Waals surface area contributed by atoms with E-state index in [1.165, 1.54) is 9.75 Å². The summed E-state index contributed by atoms with van der Waals surface area (Å²) in [5, 5.41) is 3.19. The fourth-order valence-corrected chi connectivity index (χ4v) is 5.58. The first kappa shape index (κ1) is 21.4. The van der Waals surface area contributed by atoms with Crippen molar-refractivity contribution >= 4 is 38.7 Å². The number of hydrogen-bond donors (Lipinski definition) is 2. The molecular weight excluding hydrogens is 456 g/mol. The average molecular weight is 479 g/mol. The Kier molecular flexibility index (Phi) is 5.51. The molecule has 0 saturated heterocycles. The molecule has 5 rings (SSSR count). The minimum Gasteiger partial charge on any atom is -0.497 e. The Hall–Kier alpha value is -3.43. The van der Waals surface area contributed by atoms with Crippen molar-refractivity contribution in [2.75, 3.05) is 23.4 Å². The summed E-state index contributed by atoms with van der Waals surface area (Å²) in [5.74, 6) is 1.30. The minimum atomic E-state index is -3.35. The highest BCUT2D eigenvalue weighted by molar-refractivity contribution is 7.92. The van der Waals surface area contributed by atoms with Gasteiger partial charge in [-0.25, -0.2) is 18.4 Å². The Morgan fingerprint density at radius 2 is 1.85 bits per heavy atom. The summed E-state index contributed by atoms with van der Waals surface area (Å²) in [4.78, 5) is 11.8. The van der Waals surface area contributed by atoms with Crippen LogP contribution in [0.25, 0.3) is 21.7 Å². The highest BCUT2D eigenvalue weighted by Crippen LogP contribution is 2.42. The molecule has 0 radical (unpaired) electrons. The number of fused-ring (bicyclic) bond motifs is 3. The maximum Gasteiger partial charge on any atom is 0.229 e. The summed E-state index contributed by atoms with van der Waals surface area (Å²) < 4.78 is 30.9. The van der Waals surface area contributed by atoms with E-state index in [0.717, 1.165) is 47.2 Å². The fourth-order valence-electron chi connectivity index (χ4n) is 3.87. The van der Waals surface area contributed by atoms with Gasteiger partial charge in [0.05, 0.1) is 24.7 Å². The summed E-state index contributed by atoms with van der Waals surface area (Å²) in [7, 11) is -1.68. The zero-order chi connectivity index (χ0) is 23.0. The second-order valence-corrected chi connectivity index (χ2v) is 10.7. The van der Waals surface area contributed by atoms with Gasteiger partial charge in [0.15, 0.2) is 0 Å². The first-order valence-corrected chi connectivity index (χ1v) is 13.1. The van der Waals surface area contributed by atoms with E-state index in [9.17, 15) is 8.42 Å². The summed E-state index contributed by atoms with van der Waals surface area (Å²) >= 11 is 1.79. The molecule has 0 aliphatic heterocycles. The first-order valence-electron chi connectivity index (χ1n) is 10.4. The number of nitrogens with one attached hydrogen (secondary N) is 2. The molecule has 0 amide bonds. The van der Waals surface area contributed by atoms with Crippen molar-refractivity contribution in [2.45, 2.75) is 12.8 Å². The number of thiophene rings is 1. The van der Waals surface area contributed by atoms with Crippen molar-refractivity contribution in [1.82, 2.24) is 9.97 Å². The van der Waals surface area contributed by atoms with Crippen molar-refractivity contribution in [1.29, 1.82) is 0 Å². The van der Waals surface area contributed by atoms with E-state index in [2.05, 4.69) is 27.2 Å². The molecule has 7 nitrogen and oxygen atoms in total. The molecule has 0 saturated carbocycles. The average Bonchev–Trinajstić information content (AvgIpc) is 3.23. The molecular formula is C24H22N4O3S2. The van der Waals surface area contributed by atoms with Gasteiger partial charge in [-0.05, 0) is 60.4 Å². The standard InChI is InChI=1S/C24H22N4O3S2/c1-31-19-8-3-5-15(11-19)22-13-20-21(32-22)10-9-16-14-25-24(27-23(16)20)26-17-6-4-7-18(12-17)28-33(2,29)30/h3-8,11-14,28H,9-10H2,1-2H3,(H,25,26,27). The predicted octanol–water partition coefficient (Wildman–Crippen LogP) is 5.09. The molecule has 9 heteroatoms. The molecule has 2 aromatic carbocycles. The minimum absolute atomic E-state index is 0.465. The number of aryl methyl sites for hydroxylation is 2. The third kappa shape index (κ3) is 4.69. The van der Waals surface area contributed by atoms with Crippen molar-refractivity contribution in [3.05, 3.63) is 71.2 Å². The molecule has 2 N–H and O–H groups in total. The molecule has 33 heavy (non-hydrogen) atoms. The van der Waals surface area contributed by atoms with E-state index in [1.807, 2.05) is 30.5 Å². The first-order chi connectivity index (χ1) is 15.9. The third-order valence-corrected chi connectivity index (χ3v) is 7.18. The van der Waals surface area contributed by atoms with E-state index in [-0.39, 0.29) is 0 Å². The van der Waals surface area contributed by atoms with E-state index < -0.39 is 10.0 Å². The Morgan fingerprint density at radius 1 is 1.03 bits per heavy atom. The Bertz CT molecular complexity index is 1450. The number of hydrogen-bond acceptors (Lipinski definition) is 7. The van der Waals surface area contributed by atoms with Crippen molar-refractivity contribution in [2.24, 2.45) is 0 Å². The molecule has 4 aromatic rings. The highest BCUT2D eigenvalue weighted by Gasteiger charge is 2.22. The lowest BCUT2D eigenvalue weighted by molar-refractivity contribution is 0.415. The second-order valence-electron chi connectivity index (χ2n) is 7.83. The number of nitrogens with zero attached hydrogens (tertiary/aromatic N) is 2. The Morgan fingerprint density at radius 3 is 2.67 bits per heavy atom. The molecule has 0 fully saturated rings. The van der Waals surface area contributed by atoms with Crippen molar-refractivity contribution < 1.29 is 13.2 Å². The number of rotatable bonds is 6. The van der Waals surface area contributed by atoms with Crippen LogP contribution in [-0.4, -0.2) is 31.8 Å². The van der Waals surface area contributed by atoms with Gasteiger partial charge in [-0.15, -0.1) is 11.3 Å². The van der Waals surface area contributed by atoms with Gasteiger partial charge in [0.25, 0.3) is 0 Å². The number of benzene rings is 2. The molecule has 1 aliphatic rings. The molecule has 0 bridgehead atoms. The van der Waals surface area contributed by atoms with E-state index >= 15 is 0 Å². The number of methoxy groups -OCH3 is 1. The van der Waals surface area contributed by atoms with Crippen LogP contribution in [0, 0.1) is 0 Å². The second kappa shape index (κ2) is 8.49. The maximum atomic E-state index is 11.5. The predicted molar refractivity (Wildman–Crippen MR) is 133 cm³/mol. The quantitative estimate of drug-likeness (QED) is 0.401. The number of anilines is 3. The smallest absolute Gasteiger partial charge is 0.229 e. The van der Waals surface area contributed by atoms with Gasteiger partial charge < -0.3 is 10.1 Å². The van der Waals surface area contributed by atoms with Crippen LogP contribution in [0.5, 0.6) is 5.75 Å². The molecule has 2 aromatic heterocycles. The molecule has 2 heterocycles. The van der Waals surface area contributed by atoms with Crippen molar-refractivity contribution in [3.63, 3.8) is 0 Å². The Balaban J connectivity index is 1.46. The van der Waals surface area contributed by atoms with Crippen LogP contribution < -0.4 is 14.8 Å². The van der Waals surface area contributed by atoms with Crippen LogP contribution in [0.3, 0.4) is 0 Å². The number of aromatic nitrogens is 2. The van der Waals surface area contributed by atoms with Gasteiger partial charge in [-0.2, -0.15) is 0 Å². The van der Waals surface area contributed by atoms with Gasteiger partial charge in [-0.3, -0.25) is 4.72 Å². The van der Waals surface area contributed by atoms with Crippen LogP contribution in [0.4, 0.5) is 17.3 Å². The van der Waals surface area contributed by atoms with Crippen LogP contribution in [-0.2, 0) is 22.9 Å². The fraction of sp³-hybridized carbons (Fsp3) is 0.167. The van der Waals surface area contributed by atoms with Crippen LogP contribution in [0.15, 0.2) is 60.8 Å². The third-order valence-electron chi connectivity index (χ3n) is 5.33. The van der Waals surface area contributed by atoms with E-state index in [0.29, 0.717) is 17.3 Å². The maximum absolute atomic E-state index is 11.5. The summed E-state index contributed by atoms with van der Waals surface area (Å²) in [6, 6.07) is 17.3. The number of ether oxygens (including phenoxy) is 1. The van der Waals surface area contributed by atoms with Gasteiger partial charge in [-0.1, -0.05) is 18.2 Å². The van der Waals surface area contributed by atoms with Crippen LogP contribution in [0.1, 0.15) is 10.4 Å². The molecule has 0 spiro atoms. The van der Waals surface area contributed by atoms with Gasteiger partial charge >= 0.3 is 0 Å². The van der Waals surface area contributed by atoms with E-state index in [1.54, 1.807) is 36.6 Å². The van der Waals surface area contributed by atoms with Crippen molar-refractivity contribution in [3.8, 4) is 27.4 Å². The lowest BCUT2D eigenvalue weighted by Gasteiger charge is -2.16. The highest BCUT2D eigenvalue weighted by atomic mass is 32.2. The summed E-state index contributed by atoms with van der Waals surface area (Å²) in [5.41, 5.74) is 5.49. The van der Waals surface area contributed by atoms with Crippen LogP contribution >= 0.6 is 11.3 Å². The SMILES string of the molecule is COc1cccc(-c2cc3c(s2)CCc2cnc(Nc4cccc(NS(C)(=O)=O)c4)nc2-3)c1. The normalized spacial score (nSPS) is 12.5. The Labute approximate surface area is 196 Å². The molecule has 1 aliphatic carbocycles. The summed E-state index contributed by atoms with van der Waals surface area (Å²) in [6.07, 6.45) is 4.85. The zero-order valence-electron chi connectivity index (χ0n) is 18.1. The molecule has 168 valence electrons. The lowest BCUT2D eigenvalue weighted by atomic mass is 9.96. The molecule has 0 unspecified atom stereocenters. The summed E-state index contributed by atoms with van der Waals surface area (Å²) in [6.45, 7) is 0. The topological polar surface area (TPSA) is 93.2 Å². The van der Waals surface area contributed by atoms with E-state index in [4.69, 9.17) is 9.72 Å². The lowest BCUT2D eigenvalue weighted by Crippen LogP contribution is -2.10. The number of sulfonamides is 1. The zero-order valence-corrected chi connectivity index (χ0v) is 19.8. The van der Waals surface area contributed by atoms with Gasteiger partial charge in [0.1, 0.15) is 5.75 Å². The van der Waals surface area contributed by atoms with Gasteiger partial charge in [0.2, 0.25) is 16.0 Å². The molecule has 0 atom stereocenters. The van der Waals surface area contributed by atoms with Gasteiger partial charge in [0, 0.05) is 27.2 Å².